The number of aryl methyl sites for hydroxylation is 1. The molecule has 35 heavy (non-hydrogen) atoms. The molecule has 1 saturated carbocycles. The first-order chi connectivity index (χ1) is 16.9. The lowest BCUT2D eigenvalue weighted by atomic mass is 9.68. The van der Waals surface area contributed by atoms with Gasteiger partial charge in [0.15, 0.2) is 0 Å². The summed E-state index contributed by atoms with van der Waals surface area (Å²) in [5.41, 5.74) is 3.82. The molecule has 2 aromatic rings. The van der Waals surface area contributed by atoms with E-state index in [1.165, 1.54) is 47.8 Å². The Bertz CT molecular complexity index is 1060. The summed E-state index contributed by atoms with van der Waals surface area (Å²) in [4.78, 5) is 19.4. The SMILES string of the molecule is COc1ccc2c3c(n(C)c2c1)[C@@H](CO)N(CC1CCCC1)CC31CCN(C(=O)CN(C)C)CC1. The minimum absolute atomic E-state index is 0.00743. The zero-order valence-corrected chi connectivity index (χ0v) is 21.9. The zero-order chi connectivity index (χ0) is 24.7. The second-order valence-electron chi connectivity index (χ2n) is 11.4. The van der Waals surface area contributed by atoms with Gasteiger partial charge in [-0.25, -0.2) is 0 Å². The number of rotatable bonds is 6. The summed E-state index contributed by atoms with van der Waals surface area (Å²) >= 11 is 0. The van der Waals surface area contributed by atoms with Crippen LogP contribution < -0.4 is 4.74 Å². The normalized spacial score (nSPS) is 22.9. The van der Waals surface area contributed by atoms with Crippen molar-refractivity contribution in [1.82, 2.24) is 19.3 Å². The predicted molar refractivity (Wildman–Crippen MR) is 139 cm³/mol. The minimum Gasteiger partial charge on any atom is -0.497 e. The number of hydrogen-bond donors (Lipinski definition) is 1. The minimum atomic E-state index is -0.0113. The third kappa shape index (κ3) is 4.36. The van der Waals surface area contributed by atoms with Crippen LogP contribution in [0.4, 0.5) is 0 Å². The number of amides is 1. The number of aliphatic hydroxyl groups is 1. The largest absolute Gasteiger partial charge is 0.497 e. The standard InChI is InChI=1S/C28H42N4O3/c1-29(2)17-25(34)31-13-11-28(12-14-31)19-32(16-20-7-5-6-8-20)24(18-33)27-26(28)22-10-9-21(35-4)15-23(22)30(27)3/h9-10,15,20,24,33H,5-8,11-14,16-19H2,1-4H3/t24-/m1/s1. The van der Waals surface area contributed by atoms with Gasteiger partial charge < -0.3 is 24.2 Å². The molecule has 0 bridgehead atoms. The Hall–Kier alpha value is -2.09. The molecule has 7 nitrogen and oxygen atoms in total. The zero-order valence-electron chi connectivity index (χ0n) is 21.9. The van der Waals surface area contributed by atoms with Crippen molar-refractivity contribution >= 4 is 16.8 Å². The third-order valence-electron chi connectivity index (χ3n) is 8.91. The van der Waals surface area contributed by atoms with E-state index in [2.05, 4.69) is 39.6 Å². The van der Waals surface area contributed by atoms with Crippen molar-refractivity contribution < 1.29 is 14.6 Å². The van der Waals surface area contributed by atoms with E-state index in [9.17, 15) is 9.90 Å². The summed E-state index contributed by atoms with van der Waals surface area (Å²) in [5, 5.41) is 12.0. The van der Waals surface area contributed by atoms with Crippen LogP contribution in [-0.2, 0) is 17.3 Å². The molecule has 0 radical (unpaired) electrons. The summed E-state index contributed by atoms with van der Waals surface area (Å²) < 4.78 is 7.87. The highest BCUT2D eigenvalue weighted by molar-refractivity contribution is 5.89. The Morgan fingerprint density at radius 1 is 1.20 bits per heavy atom. The molecule has 192 valence electrons. The van der Waals surface area contributed by atoms with Gasteiger partial charge >= 0.3 is 0 Å². The van der Waals surface area contributed by atoms with Gasteiger partial charge in [0.05, 0.1) is 31.8 Å². The molecule has 1 saturated heterocycles. The van der Waals surface area contributed by atoms with Gasteiger partial charge in [-0.05, 0) is 63.4 Å². The molecule has 1 aromatic carbocycles. The van der Waals surface area contributed by atoms with Gasteiger partial charge in [0, 0.05) is 55.8 Å². The molecule has 1 spiro atoms. The van der Waals surface area contributed by atoms with Gasteiger partial charge in [-0.15, -0.1) is 0 Å². The van der Waals surface area contributed by atoms with E-state index in [1.54, 1.807) is 7.11 Å². The number of fused-ring (bicyclic) bond motifs is 4. The predicted octanol–water partition coefficient (Wildman–Crippen LogP) is 3.15. The number of benzene rings is 1. The molecule has 2 fully saturated rings. The van der Waals surface area contributed by atoms with Crippen LogP contribution in [0.3, 0.4) is 0 Å². The lowest BCUT2D eigenvalue weighted by Gasteiger charge is -2.51. The Morgan fingerprint density at radius 3 is 2.54 bits per heavy atom. The number of likely N-dealkylation sites (tertiary alicyclic amines) is 1. The number of methoxy groups -OCH3 is 1. The van der Waals surface area contributed by atoms with Crippen molar-refractivity contribution in [1.29, 1.82) is 0 Å². The van der Waals surface area contributed by atoms with E-state index in [4.69, 9.17) is 4.74 Å². The number of carbonyl (C=O) groups is 1. The fourth-order valence-electron chi connectivity index (χ4n) is 7.14. The van der Waals surface area contributed by atoms with E-state index in [1.807, 2.05) is 19.0 Å². The van der Waals surface area contributed by atoms with Crippen molar-refractivity contribution in [3.05, 3.63) is 29.5 Å². The molecule has 2 aliphatic heterocycles. The summed E-state index contributed by atoms with van der Waals surface area (Å²) in [7, 11) is 7.77. The van der Waals surface area contributed by atoms with Crippen LogP contribution >= 0.6 is 0 Å². The maximum absolute atomic E-state index is 12.8. The number of ether oxygens (including phenoxy) is 1. The van der Waals surface area contributed by atoms with Crippen LogP contribution in [0, 0.1) is 5.92 Å². The average molecular weight is 483 g/mol. The molecule has 7 heteroatoms. The summed E-state index contributed by atoms with van der Waals surface area (Å²) in [6, 6.07) is 6.41. The number of aliphatic hydroxyl groups excluding tert-OH is 1. The number of carbonyl (C=O) groups excluding carboxylic acids is 1. The van der Waals surface area contributed by atoms with E-state index in [0.717, 1.165) is 50.7 Å². The first kappa shape index (κ1) is 24.6. The Kier molecular flexibility index (Phi) is 6.85. The fraction of sp³-hybridized carbons (Fsp3) is 0.679. The van der Waals surface area contributed by atoms with E-state index >= 15 is 0 Å². The molecule has 5 rings (SSSR count). The van der Waals surface area contributed by atoms with Crippen molar-refractivity contribution in [3.63, 3.8) is 0 Å². The number of likely N-dealkylation sites (N-methyl/N-ethyl adjacent to an activating group) is 1. The van der Waals surface area contributed by atoms with Gasteiger partial charge in [0.2, 0.25) is 5.91 Å². The Balaban J connectivity index is 1.56. The molecule has 3 aliphatic rings. The van der Waals surface area contributed by atoms with Crippen molar-refractivity contribution in [2.24, 2.45) is 13.0 Å². The second-order valence-corrected chi connectivity index (χ2v) is 11.4. The molecule has 0 unspecified atom stereocenters. The quantitative estimate of drug-likeness (QED) is 0.686. The number of nitrogens with zero attached hydrogens (tertiary/aromatic N) is 4. The Labute approximate surface area is 209 Å². The van der Waals surface area contributed by atoms with Gasteiger partial charge in [-0.2, -0.15) is 0 Å². The van der Waals surface area contributed by atoms with Gasteiger partial charge in [0.25, 0.3) is 0 Å². The molecule has 3 heterocycles. The van der Waals surface area contributed by atoms with Crippen molar-refractivity contribution in [2.75, 3.05) is 60.5 Å². The van der Waals surface area contributed by atoms with Crippen molar-refractivity contribution in [2.45, 2.75) is 50.0 Å². The van der Waals surface area contributed by atoms with Crippen molar-refractivity contribution in [3.8, 4) is 5.75 Å². The van der Waals surface area contributed by atoms with Gasteiger partial charge in [0.1, 0.15) is 5.75 Å². The smallest absolute Gasteiger partial charge is 0.236 e. The molecule has 1 aliphatic carbocycles. The first-order valence-corrected chi connectivity index (χ1v) is 13.3. The highest BCUT2D eigenvalue weighted by Gasteiger charge is 2.48. The Morgan fingerprint density at radius 2 is 1.91 bits per heavy atom. The molecular formula is C28H42N4O3. The van der Waals surface area contributed by atoms with E-state index in [0.29, 0.717) is 6.54 Å². The third-order valence-corrected chi connectivity index (χ3v) is 8.91. The maximum Gasteiger partial charge on any atom is 0.236 e. The molecular weight excluding hydrogens is 440 g/mol. The summed E-state index contributed by atoms with van der Waals surface area (Å²) in [6.07, 6.45) is 7.18. The van der Waals surface area contributed by atoms with Gasteiger partial charge in [-0.1, -0.05) is 12.8 Å². The van der Waals surface area contributed by atoms with Crippen LogP contribution in [0.5, 0.6) is 5.75 Å². The number of piperidine rings is 1. The van der Waals surface area contributed by atoms with Gasteiger partial charge in [-0.3, -0.25) is 9.69 Å². The van der Waals surface area contributed by atoms with Crippen LogP contribution in [0.2, 0.25) is 0 Å². The van der Waals surface area contributed by atoms with E-state index in [-0.39, 0.29) is 24.0 Å². The topological polar surface area (TPSA) is 61.2 Å². The number of aromatic nitrogens is 1. The first-order valence-electron chi connectivity index (χ1n) is 13.3. The lowest BCUT2D eigenvalue weighted by Crippen LogP contribution is -2.56. The van der Waals surface area contributed by atoms with Crippen LogP contribution in [0.25, 0.3) is 10.9 Å². The fourth-order valence-corrected chi connectivity index (χ4v) is 7.14. The van der Waals surface area contributed by atoms with Crippen LogP contribution in [0.15, 0.2) is 18.2 Å². The number of hydrogen-bond acceptors (Lipinski definition) is 5. The van der Waals surface area contributed by atoms with E-state index < -0.39 is 0 Å². The molecule has 1 atom stereocenters. The molecule has 1 N–H and O–H groups in total. The second kappa shape index (κ2) is 9.75. The summed E-state index contributed by atoms with van der Waals surface area (Å²) in [6.45, 7) is 4.19. The summed E-state index contributed by atoms with van der Waals surface area (Å²) in [5.74, 6) is 1.80. The molecule has 1 amide bonds. The maximum atomic E-state index is 12.8. The highest BCUT2D eigenvalue weighted by atomic mass is 16.5. The lowest BCUT2D eigenvalue weighted by molar-refractivity contribution is -0.133. The van der Waals surface area contributed by atoms with Crippen LogP contribution in [-0.4, -0.2) is 90.8 Å². The molecule has 1 aromatic heterocycles. The highest BCUT2D eigenvalue weighted by Crippen LogP contribution is 2.50. The van der Waals surface area contributed by atoms with Crippen LogP contribution in [0.1, 0.15) is 55.8 Å². The average Bonchev–Trinajstić information content (AvgIpc) is 3.46. The monoisotopic (exact) mass is 482 g/mol.